The van der Waals surface area contributed by atoms with Crippen LogP contribution in [0.1, 0.15) is 31.8 Å². The van der Waals surface area contributed by atoms with Gasteiger partial charge in [-0.25, -0.2) is 9.59 Å². The molecule has 6 nitrogen and oxygen atoms in total. The zero-order valence-electron chi connectivity index (χ0n) is 11.8. The highest BCUT2D eigenvalue weighted by Crippen LogP contribution is 2.31. The average Bonchev–Trinajstić information content (AvgIpc) is 2.57. The molecule has 0 spiro atoms. The minimum absolute atomic E-state index is 0.0776. The number of carbonyl (C=O) groups is 4. The van der Waals surface area contributed by atoms with Gasteiger partial charge < -0.3 is 19.8 Å². The molecule has 0 aliphatic heterocycles. The van der Waals surface area contributed by atoms with Crippen LogP contribution in [0, 0.1) is 0 Å². The number of aromatic carboxylic acids is 2. The molecule has 6 heteroatoms. The standard InChI is InChI=1S/C17H12O6/c18-9-17(10-19,12-4-2-1-3-5-12)14-7-6-11(15(20)21)8-13(14)16(22)23/h1-10H,(H,20,21)(H,22,23). The van der Waals surface area contributed by atoms with E-state index < -0.39 is 22.9 Å². The summed E-state index contributed by atoms with van der Waals surface area (Å²) in [5.74, 6) is -2.73. The van der Waals surface area contributed by atoms with Gasteiger partial charge in [-0.1, -0.05) is 36.4 Å². The van der Waals surface area contributed by atoms with E-state index in [2.05, 4.69) is 0 Å². The van der Waals surface area contributed by atoms with Gasteiger partial charge in [-0.2, -0.15) is 0 Å². The lowest BCUT2D eigenvalue weighted by Crippen LogP contribution is -2.33. The van der Waals surface area contributed by atoms with Gasteiger partial charge in [-0.3, -0.25) is 0 Å². The third kappa shape index (κ3) is 2.74. The highest BCUT2D eigenvalue weighted by atomic mass is 16.4. The summed E-state index contributed by atoms with van der Waals surface area (Å²) in [5, 5.41) is 18.3. The Kier molecular flexibility index (Phi) is 4.36. The maximum atomic E-state index is 11.7. The monoisotopic (exact) mass is 312 g/mol. The maximum Gasteiger partial charge on any atom is 0.336 e. The van der Waals surface area contributed by atoms with Gasteiger partial charge in [0.15, 0.2) is 0 Å². The Morgan fingerprint density at radius 1 is 0.870 bits per heavy atom. The van der Waals surface area contributed by atoms with E-state index in [1.54, 1.807) is 18.2 Å². The number of hydrogen-bond acceptors (Lipinski definition) is 4. The zero-order chi connectivity index (χ0) is 17.0. The van der Waals surface area contributed by atoms with Crippen molar-refractivity contribution < 1.29 is 29.4 Å². The molecule has 0 aliphatic carbocycles. The molecule has 0 saturated carbocycles. The van der Waals surface area contributed by atoms with Gasteiger partial charge in [0.25, 0.3) is 0 Å². The largest absolute Gasteiger partial charge is 0.478 e. The lowest BCUT2D eigenvalue weighted by Gasteiger charge is -2.24. The van der Waals surface area contributed by atoms with Crippen molar-refractivity contribution in [3.05, 3.63) is 70.8 Å². The summed E-state index contributed by atoms with van der Waals surface area (Å²) in [6, 6.07) is 11.3. The number of hydrogen-bond donors (Lipinski definition) is 2. The molecule has 0 atom stereocenters. The molecular weight excluding hydrogens is 300 g/mol. The lowest BCUT2D eigenvalue weighted by atomic mass is 9.74. The Bertz CT molecular complexity index is 771. The summed E-state index contributed by atoms with van der Waals surface area (Å²) < 4.78 is 0. The summed E-state index contributed by atoms with van der Waals surface area (Å²) in [6.07, 6.45) is 0.717. The fourth-order valence-electron chi connectivity index (χ4n) is 2.38. The van der Waals surface area contributed by atoms with Gasteiger partial charge in [0, 0.05) is 0 Å². The van der Waals surface area contributed by atoms with E-state index in [0.29, 0.717) is 18.1 Å². The van der Waals surface area contributed by atoms with Crippen LogP contribution in [0.4, 0.5) is 0 Å². The Morgan fingerprint density at radius 2 is 1.48 bits per heavy atom. The fourth-order valence-corrected chi connectivity index (χ4v) is 2.38. The average molecular weight is 312 g/mol. The molecular formula is C17H12O6. The quantitative estimate of drug-likeness (QED) is 0.621. The molecule has 0 heterocycles. The van der Waals surface area contributed by atoms with E-state index in [4.69, 9.17) is 5.11 Å². The number of carboxylic acids is 2. The van der Waals surface area contributed by atoms with Crippen molar-refractivity contribution in [1.82, 2.24) is 0 Å². The Morgan fingerprint density at radius 3 is 1.96 bits per heavy atom. The van der Waals surface area contributed by atoms with Gasteiger partial charge >= 0.3 is 11.9 Å². The van der Waals surface area contributed by atoms with Crippen LogP contribution in [-0.2, 0) is 15.0 Å². The summed E-state index contributed by atoms with van der Waals surface area (Å²) in [5.41, 5.74) is -2.24. The molecule has 0 bridgehead atoms. The Labute approximate surface area is 131 Å². The minimum atomic E-state index is -1.81. The molecule has 2 N–H and O–H groups in total. The first-order chi connectivity index (χ1) is 11.0. The molecule has 2 rings (SSSR count). The van der Waals surface area contributed by atoms with Gasteiger partial charge in [-0.05, 0) is 23.3 Å². The zero-order valence-corrected chi connectivity index (χ0v) is 11.8. The van der Waals surface area contributed by atoms with Crippen LogP contribution in [0.2, 0.25) is 0 Å². The van der Waals surface area contributed by atoms with Crippen molar-refractivity contribution in [2.75, 3.05) is 0 Å². The van der Waals surface area contributed by atoms with Crippen LogP contribution in [0.5, 0.6) is 0 Å². The van der Waals surface area contributed by atoms with Crippen molar-refractivity contribution in [1.29, 1.82) is 0 Å². The molecule has 0 aromatic heterocycles. The molecule has 2 aromatic rings. The third-order valence-electron chi connectivity index (χ3n) is 3.57. The van der Waals surface area contributed by atoms with Gasteiger partial charge in [0.2, 0.25) is 0 Å². The van der Waals surface area contributed by atoms with Crippen molar-refractivity contribution in [3.63, 3.8) is 0 Å². The van der Waals surface area contributed by atoms with Crippen LogP contribution < -0.4 is 0 Å². The second kappa shape index (κ2) is 6.23. The summed E-state index contributed by atoms with van der Waals surface area (Å²) >= 11 is 0. The van der Waals surface area contributed by atoms with E-state index in [0.717, 1.165) is 12.1 Å². The fraction of sp³-hybridized carbons (Fsp3) is 0.0588. The van der Waals surface area contributed by atoms with E-state index in [-0.39, 0.29) is 11.1 Å². The van der Waals surface area contributed by atoms with Crippen LogP contribution in [0.25, 0.3) is 0 Å². The molecule has 0 amide bonds. The highest BCUT2D eigenvalue weighted by Gasteiger charge is 2.37. The molecule has 0 unspecified atom stereocenters. The van der Waals surface area contributed by atoms with Crippen molar-refractivity contribution >= 4 is 24.5 Å². The first-order valence-corrected chi connectivity index (χ1v) is 6.55. The van der Waals surface area contributed by atoms with E-state index in [9.17, 15) is 24.3 Å². The Balaban J connectivity index is 2.79. The van der Waals surface area contributed by atoms with Crippen molar-refractivity contribution in [2.24, 2.45) is 0 Å². The van der Waals surface area contributed by atoms with Gasteiger partial charge in [0.05, 0.1) is 11.1 Å². The normalized spacial score (nSPS) is 10.8. The van der Waals surface area contributed by atoms with E-state index in [1.807, 2.05) is 0 Å². The predicted octanol–water partition coefficient (Wildman–Crippen LogP) is 1.77. The number of rotatable bonds is 6. The minimum Gasteiger partial charge on any atom is -0.478 e. The Hall–Kier alpha value is -3.28. The van der Waals surface area contributed by atoms with Gasteiger partial charge in [-0.15, -0.1) is 0 Å². The summed E-state index contributed by atoms with van der Waals surface area (Å²) in [4.78, 5) is 45.9. The number of carbonyl (C=O) groups excluding carboxylic acids is 2. The molecule has 116 valence electrons. The molecule has 23 heavy (non-hydrogen) atoms. The lowest BCUT2D eigenvalue weighted by molar-refractivity contribution is -0.119. The SMILES string of the molecule is O=CC(C=O)(c1ccccc1)c1ccc(C(=O)O)cc1C(=O)O. The van der Waals surface area contributed by atoms with Crippen LogP contribution in [0.15, 0.2) is 48.5 Å². The predicted molar refractivity (Wildman–Crippen MR) is 79.7 cm³/mol. The van der Waals surface area contributed by atoms with E-state index >= 15 is 0 Å². The number of aldehydes is 2. The highest BCUT2D eigenvalue weighted by molar-refractivity contribution is 6.03. The maximum absolute atomic E-state index is 11.7. The van der Waals surface area contributed by atoms with Gasteiger partial charge in [0.1, 0.15) is 18.0 Å². The smallest absolute Gasteiger partial charge is 0.336 e. The molecule has 0 aliphatic rings. The van der Waals surface area contributed by atoms with Crippen LogP contribution in [-0.4, -0.2) is 34.7 Å². The van der Waals surface area contributed by atoms with Crippen molar-refractivity contribution in [2.45, 2.75) is 5.41 Å². The number of carboxylic acid groups (broad SMARTS) is 2. The second-order valence-corrected chi connectivity index (χ2v) is 4.84. The first kappa shape index (κ1) is 16.1. The summed E-state index contributed by atoms with van der Waals surface area (Å²) in [7, 11) is 0. The second-order valence-electron chi connectivity index (χ2n) is 4.84. The summed E-state index contributed by atoms with van der Waals surface area (Å²) in [6.45, 7) is 0. The molecule has 0 saturated heterocycles. The van der Waals surface area contributed by atoms with E-state index in [1.165, 1.54) is 18.2 Å². The molecule has 2 aromatic carbocycles. The molecule has 0 radical (unpaired) electrons. The number of benzene rings is 2. The van der Waals surface area contributed by atoms with Crippen molar-refractivity contribution in [3.8, 4) is 0 Å². The first-order valence-electron chi connectivity index (χ1n) is 6.55. The molecule has 0 fully saturated rings. The van der Waals surface area contributed by atoms with Crippen LogP contribution >= 0.6 is 0 Å². The van der Waals surface area contributed by atoms with Crippen LogP contribution in [0.3, 0.4) is 0 Å². The topological polar surface area (TPSA) is 109 Å². The third-order valence-corrected chi connectivity index (χ3v) is 3.57.